The molecule has 0 N–H and O–H groups in total. The Bertz CT molecular complexity index is 4200. The van der Waals surface area contributed by atoms with Gasteiger partial charge in [-0.15, -0.1) is 0 Å². The molecule has 0 aliphatic rings. The van der Waals surface area contributed by atoms with Gasteiger partial charge in [0.05, 0.1) is 61.1 Å². The smallest absolute Gasteiger partial charge is 0.309 e. The Kier molecular flexibility index (Phi) is 8.87. The summed E-state index contributed by atoms with van der Waals surface area (Å²) in [5.74, 6) is 0. The summed E-state index contributed by atoms with van der Waals surface area (Å²) in [6.07, 6.45) is -9.67. The van der Waals surface area contributed by atoms with Crippen LogP contribution in [0.5, 0.6) is 0 Å². The molecule has 0 atom stereocenters. The highest BCUT2D eigenvalue weighted by molar-refractivity contribution is 6.14. The second-order valence-corrected chi connectivity index (χ2v) is 18.3. The first kappa shape index (κ1) is 41.9. The van der Waals surface area contributed by atoms with Crippen molar-refractivity contribution in [3.8, 4) is 33.9 Å². The van der Waals surface area contributed by atoms with Crippen LogP contribution in [-0.2, 0) is 12.4 Å². The summed E-state index contributed by atoms with van der Waals surface area (Å²) in [6, 6.07) is 66.3. The fourth-order valence-electron chi connectivity index (χ4n) is 11.4. The molecule has 0 radical (unpaired) electrons. The van der Waals surface area contributed by atoms with Crippen LogP contribution < -0.4 is 0 Å². The molecule has 0 spiro atoms. The van der Waals surface area contributed by atoms with Crippen molar-refractivity contribution in [2.45, 2.75) is 12.4 Å². The van der Waals surface area contributed by atoms with Gasteiger partial charge in [-0.1, -0.05) is 121 Å². The third-order valence-electron chi connectivity index (χ3n) is 14.4. The van der Waals surface area contributed by atoms with Gasteiger partial charge in [0.1, 0.15) is 5.56 Å². The number of benzene rings is 10. The fourth-order valence-corrected chi connectivity index (χ4v) is 11.4. The lowest BCUT2D eigenvalue weighted by Gasteiger charge is -2.23. The summed E-state index contributed by atoms with van der Waals surface area (Å²) < 4.78 is 101. The first-order valence-electron chi connectivity index (χ1n) is 23.5. The molecule has 0 fully saturated rings. The molecule has 72 heavy (non-hydrogen) atoms. The molecule has 0 amide bonds. The minimum Gasteiger partial charge on any atom is -0.309 e. The van der Waals surface area contributed by atoms with Crippen LogP contribution in [0.4, 0.5) is 26.3 Å². The maximum absolute atomic E-state index is 16.8. The highest BCUT2D eigenvalue weighted by atomic mass is 19.4. The van der Waals surface area contributed by atoms with Gasteiger partial charge >= 0.3 is 12.4 Å². The average molecular weight is 951 g/mol. The molecule has 0 bridgehead atoms. The molecule has 346 valence electrons. The highest BCUT2D eigenvalue weighted by Crippen LogP contribution is 2.48. The number of hydrogen-bond donors (Lipinski definition) is 0. The van der Waals surface area contributed by atoms with Crippen LogP contribution in [0.1, 0.15) is 11.1 Å². The summed E-state index contributed by atoms with van der Waals surface area (Å²) in [7, 11) is 0. The maximum Gasteiger partial charge on any atom is 0.420 e. The Labute approximate surface area is 406 Å². The van der Waals surface area contributed by atoms with Crippen molar-refractivity contribution in [2.75, 3.05) is 0 Å². The predicted molar refractivity (Wildman–Crippen MR) is 279 cm³/mol. The minimum absolute atomic E-state index is 0.116. The van der Waals surface area contributed by atoms with Crippen LogP contribution in [0.25, 0.3) is 121 Å². The van der Waals surface area contributed by atoms with Crippen LogP contribution in [-0.4, -0.2) is 18.3 Å². The van der Waals surface area contributed by atoms with E-state index in [-0.39, 0.29) is 22.5 Å². The maximum atomic E-state index is 16.8. The SMILES string of the molecule is FC(F)(F)c1cccc(-c2cc(-n3c4ccccc4c4cc(-n5c6ccccc6c6ccccc65)ccc43)c(C(F)(F)F)c(-n3c4ccccc4c4cc(-n5c6ccccc6c6ccccc65)ccc43)c2)c1. The number of nitrogens with zero attached hydrogens (tertiary/aromatic N) is 4. The zero-order chi connectivity index (χ0) is 48.6. The number of para-hydroxylation sites is 6. The zero-order valence-electron chi connectivity index (χ0n) is 37.8. The third kappa shape index (κ3) is 6.14. The highest BCUT2D eigenvalue weighted by Gasteiger charge is 2.40. The van der Waals surface area contributed by atoms with Crippen LogP contribution in [0.15, 0.2) is 218 Å². The van der Waals surface area contributed by atoms with E-state index in [4.69, 9.17) is 0 Å². The number of hydrogen-bond acceptors (Lipinski definition) is 0. The largest absolute Gasteiger partial charge is 0.420 e. The molecule has 10 heteroatoms. The van der Waals surface area contributed by atoms with E-state index in [0.29, 0.717) is 43.6 Å². The molecule has 0 saturated carbocycles. The lowest BCUT2D eigenvalue weighted by atomic mass is 9.97. The van der Waals surface area contributed by atoms with Gasteiger partial charge in [-0.3, -0.25) is 0 Å². The quantitative estimate of drug-likeness (QED) is 0.153. The van der Waals surface area contributed by atoms with Crippen LogP contribution in [0, 0.1) is 0 Å². The molecule has 14 rings (SSSR count). The van der Waals surface area contributed by atoms with Gasteiger partial charge < -0.3 is 18.3 Å². The van der Waals surface area contributed by atoms with Gasteiger partial charge in [-0.25, -0.2) is 0 Å². The fraction of sp³-hybridized carbons (Fsp3) is 0.0323. The molecule has 0 unspecified atom stereocenters. The number of rotatable bonds is 5. The average Bonchev–Trinajstić information content (AvgIpc) is 4.12. The van der Waals surface area contributed by atoms with Crippen molar-refractivity contribution >= 4 is 87.2 Å². The predicted octanol–water partition coefficient (Wildman–Crippen LogP) is 17.8. The molecule has 4 nitrogen and oxygen atoms in total. The van der Waals surface area contributed by atoms with Crippen molar-refractivity contribution < 1.29 is 26.3 Å². The third-order valence-corrected chi connectivity index (χ3v) is 14.4. The second-order valence-electron chi connectivity index (χ2n) is 18.3. The van der Waals surface area contributed by atoms with E-state index < -0.39 is 23.5 Å². The zero-order valence-corrected chi connectivity index (χ0v) is 37.8. The van der Waals surface area contributed by atoms with Crippen LogP contribution in [0.2, 0.25) is 0 Å². The summed E-state index contributed by atoms with van der Waals surface area (Å²) in [5.41, 5.74) is 5.55. The molecule has 0 aliphatic heterocycles. The van der Waals surface area contributed by atoms with Crippen molar-refractivity contribution in [1.29, 1.82) is 0 Å². The molecular weight excluding hydrogens is 915 g/mol. The summed E-state index contributed by atoms with van der Waals surface area (Å²) >= 11 is 0. The monoisotopic (exact) mass is 950 g/mol. The van der Waals surface area contributed by atoms with E-state index >= 15 is 13.2 Å². The summed E-state index contributed by atoms with van der Waals surface area (Å²) in [4.78, 5) is 0. The Morgan fingerprint density at radius 3 is 0.944 bits per heavy atom. The summed E-state index contributed by atoms with van der Waals surface area (Å²) in [5, 5.41) is 7.11. The van der Waals surface area contributed by atoms with E-state index in [1.165, 1.54) is 24.3 Å². The summed E-state index contributed by atoms with van der Waals surface area (Å²) in [6.45, 7) is 0. The van der Waals surface area contributed by atoms with Crippen LogP contribution in [0.3, 0.4) is 0 Å². The van der Waals surface area contributed by atoms with E-state index in [2.05, 4.69) is 57.7 Å². The lowest BCUT2D eigenvalue weighted by Crippen LogP contribution is -2.16. The normalized spacial score (nSPS) is 12.6. The molecule has 4 aromatic heterocycles. The van der Waals surface area contributed by atoms with Gasteiger partial charge in [-0.2, -0.15) is 26.3 Å². The standard InChI is InChI=1S/C62H36F6N4/c63-61(64,65)39-15-13-14-37(32-39)38-33-58(71-54-26-11-5-20-46(54)48-35-40(28-30-56(48)71)69-50-22-7-1-16-42(50)43-17-2-8-23-51(43)69)60(62(66,67)68)59(34-38)72-55-27-12-6-21-47(55)49-36-41(29-31-57(49)72)70-52-24-9-3-18-44(52)45-19-4-10-25-53(45)70/h1-36H. The van der Waals surface area contributed by atoms with E-state index in [1.54, 1.807) is 33.4 Å². The second kappa shape index (κ2) is 15.2. The van der Waals surface area contributed by atoms with E-state index in [0.717, 1.165) is 67.1 Å². The number of aromatic nitrogens is 4. The Morgan fingerprint density at radius 1 is 0.250 bits per heavy atom. The molecule has 14 aromatic rings. The Balaban J connectivity index is 1.08. The Hall–Kier alpha value is -9.02. The number of alkyl halides is 6. The van der Waals surface area contributed by atoms with Gasteiger partial charge in [-0.05, 0) is 108 Å². The Morgan fingerprint density at radius 2 is 0.583 bits per heavy atom. The van der Waals surface area contributed by atoms with Crippen molar-refractivity contribution in [2.24, 2.45) is 0 Å². The number of fused-ring (bicyclic) bond motifs is 12. The molecular formula is C62H36F6N4. The molecule has 0 saturated heterocycles. The molecule has 4 heterocycles. The van der Waals surface area contributed by atoms with Crippen molar-refractivity contribution in [3.63, 3.8) is 0 Å². The van der Waals surface area contributed by atoms with Gasteiger partial charge in [0.2, 0.25) is 0 Å². The topological polar surface area (TPSA) is 19.7 Å². The van der Waals surface area contributed by atoms with Gasteiger partial charge in [0.15, 0.2) is 0 Å². The molecule has 10 aromatic carbocycles. The van der Waals surface area contributed by atoms with E-state index in [9.17, 15) is 13.2 Å². The van der Waals surface area contributed by atoms with Crippen LogP contribution >= 0.6 is 0 Å². The minimum atomic E-state index is -4.97. The first-order chi connectivity index (χ1) is 35.0. The number of halogens is 6. The van der Waals surface area contributed by atoms with Gasteiger partial charge in [0, 0.05) is 54.5 Å². The molecule has 0 aliphatic carbocycles. The van der Waals surface area contributed by atoms with Crippen molar-refractivity contribution in [3.05, 3.63) is 230 Å². The van der Waals surface area contributed by atoms with Crippen molar-refractivity contribution in [1.82, 2.24) is 18.3 Å². The van der Waals surface area contributed by atoms with E-state index in [1.807, 2.05) is 109 Å². The lowest BCUT2D eigenvalue weighted by molar-refractivity contribution is -0.138. The first-order valence-corrected chi connectivity index (χ1v) is 23.5. The van der Waals surface area contributed by atoms with Gasteiger partial charge in [0.25, 0.3) is 0 Å².